The number of ether oxygens (including phenoxy) is 1. The maximum Gasteiger partial charge on any atom is 0.148 e. The molecule has 3 unspecified atom stereocenters. The van der Waals surface area contributed by atoms with E-state index in [2.05, 4.69) is 53.2 Å². The molecule has 3 aliphatic heterocycles. The van der Waals surface area contributed by atoms with Gasteiger partial charge in [-0.05, 0) is 74.3 Å². The van der Waals surface area contributed by atoms with Crippen molar-refractivity contribution in [1.82, 2.24) is 4.90 Å². The van der Waals surface area contributed by atoms with Crippen LogP contribution in [0.25, 0.3) is 0 Å². The highest BCUT2D eigenvalue weighted by Gasteiger charge is 2.41. The smallest absolute Gasteiger partial charge is 0.148 e. The Labute approximate surface area is 198 Å². The monoisotopic (exact) mass is 451 g/mol. The Morgan fingerprint density at radius 3 is 2.30 bits per heavy atom. The maximum absolute atomic E-state index is 14.8. The number of nitrogens with zero attached hydrogens (tertiary/aromatic N) is 2. The van der Waals surface area contributed by atoms with Gasteiger partial charge in [-0.3, -0.25) is 4.90 Å². The van der Waals surface area contributed by atoms with Crippen LogP contribution in [0.15, 0.2) is 42.5 Å². The fourth-order valence-electron chi connectivity index (χ4n) is 6.11. The summed E-state index contributed by atoms with van der Waals surface area (Å²) in [5.41, 5.74) is 4.43. The summed E-state index contributed by atoms with van der Waals surface area (Å²) in [4.78, 5) is 4.83. The van der Waals surface area contributed by atoms with Gasteiger partial charge < -0.3 is 15.0 Å². The van der Waals surface area contributed by atoms with E-state index in [1.54, 1.807) is 6.07 Å². The van der Waals surface area contributed by atoms with Gasteiger partial charge in [0.15, 0.2) is 0 Å². The van der Waals surface area contributed by atoms with Crippen molar-refractivity contribution in [3.63, 3.8) is 0 Å². The third-order valence-corrected chi connectivity index (χ3v) is 8.12. The Morgan fingerprint density at radius 1 is 1.00 bits per heavy atom. The van der Waals surface area contributed by atoms with Crippen LogP contribution in [0.2, 0.25) is 0 Å². The van der Waals surface area contributed by atoms with Gasteiger partial charge in [0, 0.05) is 43.4 Å². The van der Waals surface area contributed by atoms with Gasteiger partial charge in [0.05, 0.1) is 18.9 Å². The lowest BCUT2D eigenvalue weighted by atomic mass is 9.85. The summed E-state index contributed by atoms with van der Waals surface area (Å²) < 4.78 is 20.2. The second kappa shape index (κ2) is 10.0. The number of aryl methyl sites for hydroxylation is 1. The molecule has 0 aliphatic carbocycles. The number of nitrogens with one attached hydrogen (secondary N) is 1. The highest BCUT2D eigenvalue weighted by molar-refractivity contribution is 5.57. The summed E-state index contributed by atoms with van der Waals surface area (Å²) in [6.07, 6.45) is 6.17. The SMILES string of the molecule is CCc1ccc(CN2C3CCC2CC(C(C)Nc2ccc(N4CCOCC4)c(F)c2)C3)cc1. The Bertz CT molecular complexity index is 913. The van der Waals surface area contributed by atoms with Crippen molar-refractivity contribution in [3.8, 4) is 0 Å². The Balaban J connectivity index is 1.18. The van der Waals surface area contributed by atoms with Gasteiger partial charge in [-0.2, -0.15) is 0 Å². The molecule has 33 heavy (non-hydrogen) atoms. The number of fused-ring (bicyclic) bond motifs is 2. The molecule has 178 valence electrons. The number of benzene rings is 2. The van der Waals surface area contributed by atoms with E-state index < -0.39 is 0 Å². The van der Waals surface area contributed by atoms with Gasteiger partial charge in [-0.1, -0.05) is 31.2 Å². The quantitative estimate of drug-likeness (QED) is 0.604. The number of halogens is 1. The second-order valence-electron chi connectivity index (χ2n) is 10.2. The molecule has 3 aliphatic rings. The number of hydrogen-bond acceptors (Lipinski definition) is 4. The Morgan fingerprint density at radius 2 is 1.67 bits per heavy atom. The lowest BCUT2D eigenvalue weighted by Gasteiger charge is -2.41. The van der Waals surface area contributed by atoms with Crippen molar-refractivity contribution in [2.75, 3.05) is 36.5 Å². The number of rotatable bonds is 7. The van der Waals surface area contributed by atoms with Crippen molar-refractivity contribution in [3.05, 3.63) is 59.4 Å². The molecule has 0 amide bonds. The van der Waals surface area contributed by atoms with Gasteiger partial charge >= 0.3 is 0 Å². The molecule has 0 spiro atoms. The molecule has 0 aromatic heterocycles. The fraction of sp³-hybridized carbons (Fsp3) is 0.571. The molecule has 3 atom stereocenters. The van der Waals surface area contributed by atoms with Gasteiger partial charge in [0.1, 0.15) is 5.82 Å². The molecule has 5 heteroatoms. The van der Waals surface area contributed by atoms with E-state index in [4.69, 9.17) is 4.74 Å². The van der Waals surface area contributed by atoms with Crippen LogP contribution in [0.5, 0.6) is 0 Å². The van der Waals surface area contributed by atoms with E-state index in [-0.39, 0.29) is 5.82 Å². The normalized spacial score (nSPS) is 26.4. The number of piperidine rings is 1. The van der Waals surface area contributed by atoms with Crippen LogP contribution >= 0.6 is 0 Å². The van der Waals surface area contributed by atoms with Gasteiger partial charge in [-0.15, -0.1) is 0 Å². The molecule has 2 aromatic rings. The van der Waals surface area contributed by atoms with Crippen LogP contribution < -0.4 is 10.2 Å². The lowest BCUT2D eigenvalue weighted by Crippen LogP contribution is -2.45. The van der Waals surface area contributed by atoms with Crippen molar-refractivity contribution in [2.45, 2.75) is 70.6 Å². The van der Waals surface area contributed by atoms with Gasteiger partial charge in [0.25, 0.3) is 0 Å². The minimum atomic E-state index is -0.141. The molecule has 5 rings (SSSR count). The van der Waals surface area contributed by atoms with Crippen molar-refractivity contribution in [1.29, 1.82) is 0 Å². The highest BCUT2D eigenvalue weighted by atomic mass is 19.1. The molecular formula is C28H38FN3O. The molecule has 3 saturated heterocycles. The topological polar surface area (TPSA) is 27.7 Å². The molecule has 0 radical (unpaired) electrons. The van der Waals surface area contributed by atoms with E-state index in [1.165, 1.54) is 36.8 Å². The summed E-state index contributed by atoms with van der Waals surface area (Å²) >= 11 is 0. The van der Waals surface area contributed by atoms with Crippen LogP contribution in [0.1, 0.15) is 50.7 Å². The van der Waals surface area contributed by atoms with Crippen LogP contribution in [-0.2, 0) is 17.7 Å². The molecule has 0 saturated carbocycles. The molecular weight excluding hydrogens is 413 g/mol. The first-order valence-electron chi connectivity index (χ1n) is 12.8. The van der Waals surface area contributed by atoms with E-state index >= 15 is 0 Å². The molecule has 2 aromatic carbocycles. The van der Waals surface area contributed by atoms with Crippen molar-refractivity contribution >= 4 is 11.4 Å². The minimum absolute atomic E-state index is 0.141. The average Bonchev–Trinajstić information content (AvgIpc) is 3.06. The largest absolute Gasteiger partial charge is 0.382 e. The first-order valence-corrected chi connectivity index (χ1v) is 12.8. The predicted octanol–water partition coefficient (Wildman–Crippen LogP) is 5.47. The zero-order valence-electron chi connectivity index (χ0n) is 20.1. The fourth-order valence-corrected chi connectivity index (χ4v) is 6.11. The standard InChI is InChI=1S/C28H38FN3O/c1-3-21-4-6-22(7-5-21)19-32-25-9-10-26(32)17-23(16-25)20(2)30-24-8-11-28(27(29)18-24)31-12-14-33-15-13-31/h4-8,11,18,20,23,25-26,30H,3,9-10,12-17,19H2,1-2H3. The van der Waals surface area contributed by atoms with E-state index in [9.17, 15) is 4.39 Å². The van der Waals surface area contributed by atoms with Gasteiger partial charge in [0.2, 0.25) is 0 Å². The van der Waals surface area contributed by atoms with E-state index in [0.717, 1.165) is 31.7 Å². The van der Waals surface area contributed by atoms with E-state index in [1.807, 2.05) is 12.1 Å². The second-order valence-corrected chi connectivity index (χ2v) is 10.2. The summed E-state index contributed by atoms with van der Waals surface area (Å²) in [7, 11) is 0. The Hall–Kier alpha value is -2.11. The maximum atomic E-state index is 14.8. The average molecular weight is 452 g/mol. The summed E-state index contributed by atoms with van der Waals surface area (Å²) in [5, 5.41) is 3.63. The number of hydrogen-bond donors (Lipinski definition) is 1. The minimum Gasteiger partial charge on any atom is -0.382 e. The zero-order valence-corrected chi connectivity index (χ0v) is 20.1. The zero-order chi connectivity index (χ0) is 22.8. The third-order valence-electron chi connectivity index (χ3n) is 8.12. The number of morpholine rings is 1. The first-order chi connectivity index (χ1) is 16.1. The van der Waals surface area contributed by atoms with Gasteiger partial charge in [-0.25, -0.2) is 4.39 Å². The van der Waals surface area contributed by atoms with Crippen LogP contribution in [0, 0.1) is 11.7 Å². The number of anilines is 2. The van der Waals surface area contributed by atoms with Crippen molar-refractivity contribution in [2.24, 2.45) is 5.92 Å². The summed E-state index contributed by atoms with van der Waals surface area (Å²) in [6, 6.07) is 16.5. The first kappa shape index (κ1) is 22.7. The Kier molecular flexibility index (Phi) is 6.89. The highest BCUT2D eigenvalue weighted by Crippen LogP contribution is 2.41. The molecule has 1 N–H and O–H groups in total. The van der Waals surface area contributed by atoms with Crippen LogP contribution in [0.3, 0.4) is 0 Å². The van der Waals surface area contributed by atoms with Crippen LogP contribution in [-0.4, -0.2) is 49.3 Å². The molecule has 3 fully saturated rings. The summed E-state index contributed by atoms with van der Waals surface area (Å²) in [6.45, 7) is 8.40. The summed E-state index contributed by atoms with van der Waals surface area (Å²) in [5.74, 6) is 0.487. The van der Waals surface area contributed by atoms with Crippen LogP contribution in [0.4, 0.5) is 15.8 Å². The third kappa shape index (κ3) is 5.04. The predicted molar refractivity (Wildman–Crippen MR) is 133 cm³/mol. The molecule has 2 bridgehead atoms. The molecule has 3 heterocycles. The van der Waals surface area contributed by atoms with Crippen molar-refractivity contribution < 1.29 is 9.13 Å². The lowest BCUT2D eigenvalue weighted by molar-refractivity contribution is 0.0908. The van der Waals surface area contributed by atoms with E-state index in [0.29, 0.717) is 42.9 Å². The molecule has 4 nitrogen and oxygen atoms in total.